The molecule has 0 aromatic rings. The first-order valence-electron chi connectivity index (χ1n) is 6.44. The Hall–Kier alpha value is -0.790. The zero-order valence-electron chi connectivity index (χ0n) is 10.7. The Morgan fingerprint density at radius 3 is 2.81 bits per heavy atom. The second-order valence-corrected chi connectivity index (χ2v) is 6.00. The first-order chi connectivity index (χ1) is 7.54. The van der Waals surface area contributed by atoms with Crippen LogP contribution in [0, 0.1) is 11.3 Å². The van der Waals surface area contributed by atoms with Crippen LogP contribution in [-0.4, -0.2) is 10.9 Å². The van der Waals surface area contributed by atoms with Crippen LogP contribution in [0.3, 0.4) is 0 Å². The summed E-state index contributed by atoms with van der Waals surface area (Å²) in [5.74, 6) is 0.473. The zero-order valence-corrected chi connectivity index (χ0v) is 10.7. The molecule has 0 spiro atoms. The second kappa shape index (κ2) is 4.23. The van der Waals surface area contributed by atoms with Crippen LogP contribution in [-0.2, 0) is 0 Å². The Morgan fingerprint density at radius 1 is 1.38 bits per heavy atom. The van der Waals surface area contributed by atoms with Crippen molar-refractivity contribution >= 4 is 5.71 Å². The lowest BCUT2D eigenvalue weighted by molar-refractivity contribution is 0.303. The molecule has 2 nitrogen and oxygen atoms in total. The molecule has 1 unspecified atom stereocenters. The van der Waals surface area contributed by atoms with Crippen molar-refractivity contribution < 1.29 is 5.21 Å². The number of nitrogens with zero attached hydrogens (tertiary/aromatic N) is 1. The normalized spacial score (nSPS) is 30.2. The van der Waals surface area contributed by atoms with Crippen LogP contribution in [0.15, 0.2) is 16.3 Å². The monoisotopic (exact) mass is 221 g/mol. The summed E-state index contributed by atoms with van der Waals surface area (Å²) < 4.78 is 0. The van der Waals surface area contributed by atoms with Crippen molar-refractivity contribution in [3.8, 4) is 0 Å². The van der Waals surface area contributed by atoms with Gasteiger partial charge < -0.3 is 5.21 Å². The fraction of sp³-hybridized carbons (Fsp3) is 0.786. The van der Waals surface area contributed by atoms with Gasteiger partial charge >= 0.3 is 0 Å². The van der Waals surface area contributed by atoms with Gasteiger partial charge in [-0.1, -0.05) is 30.1 Å². The Bertz CT molecular complexity index is 339. The lowest BCUT2D eigenvalue weighted by Gasteiger charge is -2.40. The van der Waals surface area contributed by atoms with Crippen LogP contribution in [0.25, 0.3) is 0 Å². The van der Waals surface area contributed by atoms with Crippen molar-refractivity contribution in [2.45, 2.75) is 59.3 Å². The lowest BCUT2D eigenvalue weighted by atomic mass is 9.65. The fourth-order valence-corrected chi connectivity index (χ4v) is 3.36. The predicted octanol–water partition coefficient (Wildman–Crippen LogP) is 4.14. The van der Waals surface area contributed by atoms with Gasteiger partial charge in [0, 0.05) is 5.92 Å². The summed E-state index contributed by atoms with van der Waals surface area (Å²) in [5, 5.41) is 12.3. The molecule has 2 aliphatic rings. The van der Waals surface area contributed by atoms with Crippen molar-refractivity contribution in [2.24, 2.45) is 16.5 Å². The molecule has 2 rings (SSSR count). The van der Waals surface area contributed by atoms with Gasteiger partial charge in [0.2, 0.25) is 0 Å². The maximum atomic E-state index is 8.89. The smallest absolute Gasteiger partial charge is 0.0574 e. The van der Waals surface area contributed by atoms with Crippen LogP contribution in [0.1, 0.15) is 59.3 Å². The predicted molar refractivity (Wildman–Crippen MR) is 66.9 cm³/mol. The van der Waals surface area contributed by atoms with E-state index >= 15 is 0 Å². The van der Waals surface area contributed by atoms with Crippen molar-refractivity contribution in [1.29, 1.82) is 0 Å². The van der Waals surface area contributed by atoms with Gasteiger partial charge in [0.15, 0.2) is 0 Å². The van der Waals surface area contributed by atoms with E-state index in [2.05, 4.69) is 19.0 Å². The molecule has 0 amide bonds. The van der Waals surface area contributed by atoms with Gasteiger partial charge in [0.25, 0.3) is 0 Å². The summed E-state index contributed by atoms with van der Waals surface area (Å²) in [7, 11) is 0. The van der Waals surface area contributed by atoms with Crippen LogP contribution >= 0.6 is 0 Å². The summed E-state index contributed by atoms with van der Waals surface area (Å²) >= 11 is 0. The van der Waals surface area contributed by atoms with Gasteiger partial charge in [-0.2, -0.15) is 0 Å². The second-order valence-electron chi connectivity index (χ2n) is 6.00. The van der Waals surface area contributed by atoms with Gasteiger partial charge in [-0.15, -0.1) is 0 Å². The minimum absolute atomic E-state index is 0.377. The van der Waals surface area contributed by atoms with E-state index in [9.17, 15) is 0 Å². The number of allylic oxidation sites excluding steroid dienone is 2. The molecular weight excluding hydrogens is 198 g/mol. The molecule has 0 fully saturated rings. The summed E-state index contributed by atoms with van der Waals surface area (Å²) in [5.41, 5.74) is 4.66. The van der Waals surface area contributed by atoms with Gasteiger partial charge in [-0.05, 0) is 50.9 Å². The molecule has 0 heterocycles. The van der Waals surface area contributed by atoms with Crippen molar-refractivity contribution in [3.63, 3.8) is 0 Å². The van der Waals surface area contributed by atoms with Crippen LogP contribution in [0.2, 0.25) is 0 Å². The Balaban J connectivity index is 2.23. The summed E-state index contributed by atoms with van der Waals surface area (Å²) in [6.07, 6.45) is 7.48. The third-order valence-corrected chi connectivity index (χ3v) is 4.52. The van der Waals surface area contributed by atoms with Gasteiger partial charge in [-0.3, -0.25) is 0 Å². The highest BCUT2D eigenvalue weighted by atomic mass is 16.4. The molecule has 0 aliphatic heterocycles. The summed E-state index contributed by atoms with van der Waals surface area (Å²) in [6, 6.07) is 0. The average Bonchev–Trinajstić information content (AvgIpc) is 2.27. The van der Waals surface area contributed by atoms with E-state index in [-0.39, 0.29) is 0 Å². The molecule has 1 N–H and O–H groups in total. The van der Waals surface area contributed by atoms with E-state index in [1.165, 1.54) is 32.1 Å². The zero-order chi connectivity index (χ0) is 11.8. The topological polar surface area (TPSA) is 32.6 Å². The lowest BCUT2D eigenvalue weighted by Crippen LogP contribution is -2.28. The highest BCUT2D eigenvalue weighted by Crippen LogP contribution is 2.47. The van der Waals surface area contributed by atoms with Crippen molar-refractivity contribution in [1.82, 2.24) is 0 Å². The van der Waals surface area contributed by atoms with Crippen molar-refractivity contribution in [2.75, 3.05) is 0 Å². The molecule has 2 aliphatic carbocycles. The molecule has 1 atom stereocenters. The van der Waals surface area contributed by atoms with Gasteiger partial charge in [-0.25, -0.2) is 0 Å². The van der Waals surface area contributed by atoms with Crippen molar-refractivity contribution in [3.05, 3.63) is 11.1 Å². The molecule has 0 aromatic carbocycles. The largest absolute Gasteiger partial charge is 0.411 e. The quantitative estimate of drug-likeness (QED) is 0.307. The molecular formula is C14H23NO. The SMILES string of the molecule is C/C(=N\O)C1CCC2=C(C1)C(C)(C)CCC2. The average molecular weight is 221 g/mol. The summed E-state index contributed by atoms with van der Waals surface area (Å²) in [4.78, 5) is 0. The first kappa shape index (κ1) is 11.7. The highest BCUT2D eigenvalue weighted by molar-refractivity contribution is 5.84. The standard InChI is InChI=1S/C14H23NO/c1-10(15-16)12-7-6-11-5-4-8-14(2,3)13(11)9-12/h12,16H,4-9H2,1-3H3/b15-10+. The molecule has 0 aromatic heterocycles. The van der Waals surface area contributed by atoms with E-state index in [1.807, 2.05) is 6.92 Å². The van der Waals surface area contributed by atoms with Gasteiger partial charge in [0.1, 0.15) is 0 Å². The van der Waals surface area contributed by atoms with E-state index in [4.69, 9.17) is 5.21 Å². The molecule has 0 saturated heterocycles. The molecule has 16 heavy (non-hydrogen) atoms. The fourth-order valence-electron chi connectivity index (χ4n) is 3.36. The minimum Gasteiger partial charge on any atom is -0.411 e. The Labute approximate surface area is 98.4 Å². The van der Waals surface area contributed by atoms with Crippen LogP contribution in [0.5, 0.6) is 0 Å². The minimum atomic E-state index is 0.377. The van der Waals surface area contributed by atoms with E-state index < -0.39 is 0 Å². The third kappa shape index (κ3) is 2.02. The molecule has 0 bridgehead atoms. The first-order valence-corrected chi connectivity index (χ1v) is 6.44. The van der Waals surface area contributed by atoms with E-state index in [1.54, 1.807) is 11.1 Å². The number of oxime groups is 1. The maximum Gasteiger partial charge on any atom is 0.0574 e. The van der Waals surface area contributed by atoms with Crippen LogP contribution in [0.4, 0.5) is 0 Å². The summed E-state index contributed by atoms with van der Waals surface area (Å²) in [6.45, 7) is 6.69. The van der Waals surface area contributed by atoms with E-state index in [0.717, 1.165) is 12.1 Å². The number of hydrogen-bond acceptors (Lipinski definition) is 2. The number of hydrogen-bond donors (Lipinski definition) is 1. The Kier molecular flexibility index (Phi) is 3.09. The molecule has 2 heteroatoms. The van der Waals surface area contributed by atoms with Crippen LogP contribution < -0.4 is 0 Å². The third-order valence-electron chi connectivity index (χ3n) is 4.52. The molecule has 90 valence electrons. The molecule has 0 radical (unpaired) electrons. The Morgan fingerprint density at radius 2 is 2.12 bits per heavy atom. The maximum absolute atomic E-state index is 8.89. The number of rotatable bonds is 1. The molecule has 0 saturated carbocycles. The van der Waals surface area contributed by atoms with Gasteiger partial charge in [0.05, 0.1) is 5.71 Å². The highest BCUT2D eigenvalue weighted by Gasteiger charge is 2.34. The van der Waals surface area contributed by atoms with E-state index in [0.29, 0.717) is 11.3 Å².